The van der Waals surface area contributed by atoms with Gasteiger partial charge in [-0.2, -0.15) is 10.4 Å². The van der Waals surface area contributed by atoms with Crippen LogP contribution in [0, 0.1) is 11.3 Å². The second kappa shape index (κ2) is 6.63. The molecule has 0 saturated carbocycles. The summed E-state index contributed by atoms with van der Waals surface area (Å²) in [6, 6.07) is 20.6. The minimum atomic E-state index is -1.26. The molecule has 1 N–H and O–H groups in total. The fourth-order valence-electron chi connectivity index (χ4n) is 2.32. The Morgan fingerprint density at radius 3 is 2.29 bits per heavy atom. The van der Waals surface area contributed by atoms with Crippen molar-refractivity contribution in [3.8, 4) is 23.0 Å². The van der Waals surface area contributed by atoms with Gasteiger partial charge in [-0.3, -0.25) is 0 Å². The number of nitriles is 1. The lowest BCUT2D eigenvalue weighted by Gasteiger charge is -2.00. The SMILES string of the molecule is N#C/C(=C/c1cn(-c2ccccc2)nc1-c1ccccc1)C(=O)O. The summed E-state index contributed by atoms with van der Waals surface area (Å²) in [5.41, 5.74) is 2.56. The van der Waals surface area contributed by atoms with E-state index in [1.165, 1.54) is 6.08 Å². The van der Waals surface area contributed by atoms with E-state index in [9.17, 15) is 4.79 Å². The zero-order valence-corrected chi connectivity index (χ0v) is 12.6. The Labute approximate surface area is 138 Å². The van der Waals surface area contributed by atoms with Gasteiger partial charge in [0.2, 0.25) is 0 Å². The van der Waals surface area contributed by atoms with Gasteiger partial charge in [-0.15, -0.1) is 0 Å². The molecule has 116 valence electrons. The molecule has 0 aliphatic carbocycles. The monoisotopic (exact) mass is 315 g/mol. The maximum absolute atomic E-state index is 11.1. The summed E-state index contributed by atoms with van der Waals surface area (Å²) >= 11 is 0. The maximum Gasteiger partial charge on any atom is 0.346 e. The molecule has 3 aromatic rings. The second-order valence-electron chi connectivity index (χ2n) is 5.05. The van der Waals surface area contributed by atoms with Gasteiger partial charge in [-0.1, -0.05) is 48.5 Å². The van der Waals surface area contributed by atoms with E-state index in [-0.39, 0.29) is 5.57 Å². The molecule has 3 rings (SSSR count). The van der Waals surface area contributed by atoms with Gasteiger partial charge >= 0.3 is 5.97 Å². The molecule has 24 heavy (non-hydrogen) atoms. The smallest absolute Gasteiger partial charge is 0.346 e. The van der Waals surface area contributed by atoms with Crippen LogP contribution in [0.4, 0.5) is 0 Å². The third-order valence-electron chi connectivity index (χ3n) is 3.46. The molecule has 0 fully saturated rings. The number of carboxylic acids is 1. The summed E-state index contributed by atoms with van der Waals surface area (Å²) in [5, 5.41) is 22.7. The van der Waals surface area contributed by atoms with E-state index >= 15 is 0 Å². The first-order chi connectivity index (χ1) is 11.7. The minimum absolute atomic E-state index is 0.334. The van der Waals surface area contributed by atoms with Crippen molar-refractivity contribution in [3.05, 3.63) is 78.0 Å². The molecule has 0 radical (unpaired) electrons. The minimum Gasteiger partial charge on any atom is -0.477 e. The van der Waals surface area contributed by atoms with Crippen LogP contribution in [0.5, 0.6) is 0 Å². The van der Waals surface area contributed by atoms with E-state index in [0.29, 0.717) is 11.3 Å². The largest absolute Gasteiger partial charge is 0.477 e. The number of benzene rings is 2. The number of carboxylic acid groups (broad SMARTS) is 1. The quantitative estimate of drug-likeness (QED) is 0.590. The van der Waals surface area contributed by atoms with E-state index in [2.05, 4.69) is 5.10 Å². The summed E-state index contributed by atoms with van der Waals surface area (Å²) in [5.74, 6) is -1.26. The molecule has 2 aromatic carbocycles. The Morgan fingerprint density at radius 2 is 1.71 bits per heavy atom. The number of carbonyl (C=O) groups is 1. The van der Waals surface area contributed by atoms with Gasteiger partial charge in [0.1, 0.15) is 11.6 Å². The zero-order valence-electron chi connectivity index (χ0n) is 12.6. The first-order valence-corrected chi connectivity index (χ1v) is 7.24. The number of rotatable bonds is 4. The van der Waals surface area contributed by atoms with Gasteiger partial charge < -0.3 is 5.11 Å². The van der Waals surface area contributed by atoms with Crippen LogP contribution in [0.25, 0.3) is 23.0 Å². The number of hydrogen-bond donors (Lipinski definition) is 1. The lowest BCUT2D eigenvalue weighted by Crippen LogP contribution is -1.97. The highest BCUT2D eigenvalue weighted by atomic mass is 16.4. The van der Waals surface area contributed by atoms with Crippen molar-refractivity contribution in [2.45, 2.75) is 0 Å². The van der Waals surface area contributed by atoms with Crippen molar-refractivity contribution >= 4 is 12.0 Å². The van der Waals surface area contributed by atoms with Crippen LogP contribution < -0.4 is 0 Å². The Bertz CT molecular complexity index is 936. The summed E-state index contributed by atoms with van der Waals surface area (Å²) in [6.07, 6.45) is 3.06. The molecular formula is C19H13N3O2. The molecule has 0 aliphatic heterocycles. The van der Waals surface area contributed by atoms with Crippen molar-refractivity contribution in [2.24, 2.45) is 0 Å². The van der Waals surface area contributed by atoms with Gasteiger partial charge in [0, 0.05) is 17.3 Å². The van der Waals surface area contributed by atoms with Crippen LogP contribution >= 0.6 is 0 Å². The molecule has 0 aliphatic rings. The Kier molecular flexibility index (Phi) is 4.21. The van der Waals surface area contributed by atoms with Crippen molar-refractivity contribution in [2.75, 3.05) is 0 Å². The molecule has 0 unspecified atom stereocenters. The second-order valence-corrected chi connectivity index (χ2v) is 5.05. The first-order valence-electron chi connectivity index (χ1n) is 7.24. The average molecular weight is 315 g/mol. The van der Waals surface area contributed by atoms with Gasteiger partial charge in [-0.05, 0) is 18.2 Å². The highest BCUT2D eigenvalue weighted by molar-refractivity contribution is 5.97. The molecule has 0 saturated heterocycles. The normalized spacial score (nSPS) is 11.0. The van der Waals surface area contributed by atoms with Gasteiger partial charge in [0.15, 0.2) is 0 Å². The molecule has 0 amide bonds. The number of aromatic nitrogens is 2. The van der Waals surface area contributed by atoms with Crippen molar-refractivity contribution in [1.82, 2.24) is 9.78 Å². The van der Waals surface area contributed by atoms with Gasteiger partial charge in [-0.25, -0.2) is 9.48 Å². The highest BCUT2D eigenvalue weighted by Crippen LogP contribution is 2.25. The van der Waals surface area contributed by atoms with Crippen LogP contribution in [0.2, 0.25) is 0 Å². The summed E-state index contributed by atoms with van der Waals surface area (Å²) in [6.45, 7) is 0. The fourth-order valence-corrected chi connectivity index (χ4v) is 2.32. The van der Waals surface area contributed by atoms with E-state index < -0.39 is 5.97 Å². The van der Waals surface area contributed by atoms with E-state index in [4.69, 9.17) is 10.4 Å². The third-order valence-corrected chi connectivity index (χ3v) is 3.46. The lowest BCUT2D eigenvalue weighted by molar-refractivity contribution is -0.132. The molecule has 0 bridgehead atoms. The molecule has 5 nitrogen and oxygen atoms in total. The lowest BCUT2D eigenvalue weighted by atomic mass is 10.1. The number of para-hydroxylation sites is 1. The topological polar surface area (TPSA) is 78.9 Å². The molecule has 0 atom stereocenters. The Hall–Kier alpha value is -3.65. The summed E-state index contributed by atoms with van der Waals surface area (Å²) in [4.78, 5) is 11.1. The van der Waals surface area contributed by atoms with E-state index in [0.717, 1.165) is 11.3 Å². The highest BCUT2D eigenvalue weighted by Gasteiger charge is 2.14. The van der Waals surface area contributed by atoms with Crippen molar-refractivity contribution < 1.29 is 9.90 Å². The molecule has 0 spiro atoms. The number of nitrogens with zero attached hydrogens (tertiary/aromatic N) is 3. The number of aliphatic carboxylic acids is 1. The summed E-state index contributed by atoms with van der Waals surface area (Å²) in [7, 11) is 0. The zero-order chi connectivity index (χ0) is 16.9. The van der Waals surface area contributed by atoms with Gasteiger partial charge in [0.25, 0.3) is 0 Å². The van der Waals surface area contributed by atoms with Crippen LogP contribution in [-0.2, 0) is 4.79 Å². The maximum atomic E-state index is 11.1. The van der Waals surface area contributed by atoms with E-state index in [1.54, 1.807) is 16.9 Å². The number of hydrogen-bond acceptors (Lipinski definition) is 3. The summed E-state index contributed by atoms with van der Waals surface area (Å²) < 4.78 is 1.67. The average Bonchev–Trinajstić information content (AvgIpc) is 3.05. The third kappa shape index (κ3) is 3.08. The standard InChI is InChI=1S/C19H13N3O2/c20-12-15(19(23)24)11-16-13-22(17-9-5-2-6-10-17)21-18(16)14-7-3-1-4-8-14/h1-11,13H,(H,23,24)/b15-11-. The van der Waals surface area contributed by atoms with Gasteiger partial charge in [0.05, 0.1) is 11.4 Å². The van der Waals surface area contributed by atoms with E-state index in [1.807, 2.05) is 60.7 Å². The van der Waals surface area contributed by atoms with Crippen molar-refractivity contribution in [1.29, 1.82) is 5.26 Å². The molecule has 1 aromatic heterocycles. The molecule has 1 heterocycles. The molecular weight excluding hydrogens is 302 g/mol. The van der Waals surface area contributed by atoms with Crippen LogP contribution in [0.15, 0.2) is 72.4 Å². The Morgan fingerprint density at radius 1 is 1.08 bits per heavy atom. The van der Waals surface area contributed by atoms with Crippen molar-refractivity contribution in [3.63, 3.8) is 0 Å². The molecule has 5 heteroatoms. The van der Waals surface area contributed by atoms with Crippen LogP contribution in [-0.4, -0.2) is 20.9 Å². The fraction of sp³-hybridized carbons (Fsp3) is 0. The predicted octanol–water partition coefficient (Wildman–Crippen LogP) is 3.53. The van der Waals surface area contributed by atoms with Crippen LogP contribution in [0.3, 0.4) is 0 Å². The predicted molar refractivity (Wildman–Crippen MR) is 90.2 cm³/mol. The van der Waals surface area contributed by atoms with Crippen LogP contribution in [0.1, 0.15) is 5.56 Å². The first kappa shape index (κ1) is 15.3. The Balaban J connectivity index is 2.18.